The molecule has 0 aliphatic carbocycles. The van der Waals surface area contributed by atoms with Gasteiger partial charge < -0.3 is 5.11 Å². The summed E-state index contributed by atoms with van der Waals surface area (Å²) in [4.78, 5) is 0. The second kappa shape index (κ2) is 8.13. The number of para-hydroxylation sites is 1. The van der Waals surface area contributed by atoms with Gasteiger partial charge in [0, 0.05) is 0 Å². The van der Waals surface area contributed by atoms with Crippen molar-refractivity contribution < 1.29 is 5.11 Å². The average Bonchev–Trinajstić information content (AvgIpc) is 2.50. The maximum Gasteiger partial charge on any atom is 0.119 e. The van der Waals surface area contributed by atoms with Gasteiger partial charge in [-0.1, -0.05) is 36.4 Å². The van der Waals surface area contributed by atoms with Crippen LogP contribution in [0.5, 0.6) is 5.75 Å². The number of hydrogen-bond donors (Lipinski definition) is 1. The predicted octanol–water partition coefficient (Wildman–Crippen LogP) is 3.55. The molecule has 20 heavy (non-hydrogen) atoms. The second-order valence-electron chi connectivity index (χ2n) is 3.89. The topological polar surface area (TPSA) is 67.8 Å². The van der Waals surface area contributed by atoms with Crippen LogP contribution in [0.2, 0.25) is 0 Å². The summed E-state index contributed by atoms with van der Waals surface area (Å²) >= 11 is 0. The van der Waals surface area contributed by atoms with E-state index in [9.17, 15) is 5.11 Å². The Morgan fingerprint density at radius 2 is 1.45 bits per heavy atom. The second-order valence-corrected chi connectivity index (χ2v) is 3.89. The molecule has 3 nitrogen and oxygen atoms in total. The molecule has 2 rings (SSSR count). The molecule has 0 atom stereocenters. The average molecular weight is 262 g/mol. The van der Waals surface area contributed by atoms with Crippen LogP contribution in [0.25, 0.3) is 0 Å². The van der Waals surface area contributed by atoms with E-state index in [0.717, 1.165) is 12.0 Å². The summed E-state index contributed by atoms with van der Waals surface area (Å²) in [7, 11) is 0. The summed E-state index contributed by atoms with van der Waals surface area (Å²) in [5, 5.41) is 26.1. The first-order valence-electron chi connectivity index (χ1n) is 6.00. The Morgan fingerprint density at radius 1 is 0.950 bits per heavy atom. The molecular weight excluding hydrogens is 248 g/mol. The van der Waals surface area contributed by atoms with Crippen molar-refractivity contribution in [1.82, 2.24) is 0 Å². The van der Waals surface area contributed by atoms with Gasteiger partial charge in [0.15, 0.2) is 0 Å². The monoisotopic (exact) mass is 262 g/mol. The number of rotatable bonds is 2. The highest BCUT2D eigenvalue weighted by Gasteiger charge is 1.95. The summed E-state index contributed by atoms with van der Waals surface area (Å²) in [5.41, 5.74) is 1.80. The van der Waals surface area contributed by atoms with E-state index in [-0.39, 0.29) is 0 Å². The van der Waals surface area contributed by atoms with Crippen LogP contribution in [0.4, 0.5) is 0 Å². The van der Waals surface area contributed by atoms with Crippen LogP contribution < -0.4 is 0 Å². The lowest BCUT2D eigenvalue weighted by Gasteiger charge is -1.97. The van der Waals surface area contributed by atoms with Crippen LogP contribution in [-0.4, -0.2) is 5.11 Å². The fraction of sp³-hybridized carbons (Fsp3) is 0.0588. The Labute approximate surface area is 118 Å². The molecule has 0 bridgehead atoms. The summed E-state index contributed by atoms with van der Waals surface area (Å²) < 4.78 is 0. The molecule has 0 spiro atoms. The van der Waals surface area contributed by atoms with E-state index in [2.05, 4.69) is 6.58 Å². The number of nitriles is 2. The fourth-order valence-corrected chi connectivity index (χ4v) is 1.52. The Hall–Kier alpha value is -3.04. The van der Waals surface area contributed by atoms with E-state index in [0.29, 0.717) is 16.9 Å². The first-order valence-corrected chi connectivity index (χ1v) is 6.00. The summed E-state index contributed by atoms with van der Waals surface area (Å²) in [5.74, 6) is 0.349. The van der Waals surface area contributed by atoms with Gasteiger partial charge in [-0.25, -0.2) is 0 Å². The van der Waals surface area contributed by atoms with E-state index in [1.54, 1.807) is 36.4 Å². The van der Waals surface area contributed by atoms with Crippen LogP contribution >= 0.6 is 0 Å². The Kier molecular flexibility index (Phi) is 6.11. The van der Waals surface area contributed by atoms with Gasteiger partial charge in [-0.05, 0) is 30.2 Å². The lowest BCUT2D eigenvalue weighted by molar-refractivity contribution is 0.470. The van der Waals surface area contributed by atoms with Gasteiger partial charge in [-0.3, -0.25) is 0 Å². The Bertz CT molecular complexity index is 630. The van der Waals surface area contributed by atoms with E-state index in [1.807, 2.05) is 30.3 Å². The molecule has 2 aromatic rings. The lowest BCUT2D eigenvalue weighted by atomic mass is 10.1. The minimum absolute atomic E-state index is 0.349. The largest absolute Gasteiger partial charge is 0.508 e. The molecule has 1 N–H and O–H groups in total. The SMILES string of the molecule is C=CCc1ccccc1O.N#Cc1ccccc1C#N. The first kappa shape index (κ1) is 15.0. The molecule has 0 unspecified atom stereocenters. The normalized spacial score (nSPS) is 8.50. The molecule has 0 radical (unpaired) electrons. The third-order valence-corrected chi connectivity index (χ3v) is 2.52. The van der Waals surface area contributed by atoms with Crippen LogP contribution in [-0.2, 0) is 6.42 Å². The van der Waals surface area contributed by atoms with Crippen molar-refractivity contribution in [3.8, 4) is 17.9 Å². The van der Waals surface area contributed by atoms with Gasteiger partial charge in [0.2, 0.25) is 0 Å². The van der Waals surface area contributed by atoms with E-state index in [4.69, 9.17) is 10.5 Å². The molecule has 0 saturated heterocycles. The number of aromatic hydroxyl groups is 1. The van der Waals surface area contributed by atoms with Crippen molar-refractivity contribution in [3.05, 3.63) is 77.9 Å². The fourth-order valence-electron chi connectivity index (χ4n) is 1.52. The summed E-state index contributed by atoms with van der Waals surface area (Å²) in [6.07, 6.45) is 2.50. The van der Waals surface area contributed by atoms with Crippen molar-refractivity contribution in [1.29, 1.82) is 10.5 Å². The van der Waals surface area contributed by atoms with Crippen molar-refractivity contribution in [2.75, 3.05) is 0 Å². The number of benzene rings is 2. The minimum Gasteiger partial charge on any atom is -0.508 e. The lowest BCUT2D eigenvalue weighted by Crippen LogP contribution is -1.79. The Morgan fingerprint density at radius 3 is 1.90 bits per heavy atom. The molecule has 3 heteroatoms. The third kappa shape index (κ3) is 4.33. The third-order valence-electron chi connectivity index (χ3n) is 2.52. The van der Waals surface area contributed by atoms with Crippen LogP contribution in [0.1, 0.15) is 16.7 Å². The number of nitrogens with zero attached hydrogens (tertiary/aromatic N) is 2. The number of hydrogen-bond acceptors (Lipinski definition) is 3. The predicted molar refractivity (Wildman–Crippen MR) is 77.9 cm³/mol. The number of phenols is 1. The summed E-state index contributed by atoms with van der Waals surface area (Å²) in [6, 6.07) is 17.8. The molecule has 0 saturated carbocycles. The quantitative estimate of drug-likeness (QED) is 0.841. The van der Waals surface area contributed by atoms with Crippen molar-refractivity contribution in [2.24, 2.45) is 0 Å². The molecule has 0 heterocycles. The molecule has 0 aliphatic rings. The van der Waals surface area contributed by atoms with Gasteiger partial charge in [0.25, 0.3) is 0 Å². The van der Waals surface area contributed by atoms with E-state index in [1.165, 1.54) is 0 Å². The van der Waals surface area contributed by atoms with Crippen molar-refractivity contribution >= 4 is 0 Å². The van der Waals surface area contributed by atoms with Crippen molar-refractivity contribution in [3.63, 3.8) is 0 Å². The number of allylic oxidation sites excluding steroid dienone is 1. The van der Waals surface area contributed by atoms with Gasteiger partial charge in [-0.15, -0.1) is 6.58 Å². The zero-order chi connectivity index (χ0) is 14.8. The van der Waals surface area contributed by atoms with Gasteiger partial charge in [0.05, 0.1) is 11.1 Å². The smallest absolute Gasteiger partial charge is 0.119 e. The zero-order valence-corrected chi connectivity index (χ0v) is 11.0. The highest BCUT2D eigenvalue weighted by molar-refractivity contribution is 5.44. The van der Waals surface area contributed by atoms with Gasteiger partial charge in [0.1, 0.15) is 17.9 Å². The van der Waals surface area contributed by atoms with E-state index < -0.39 is 0 Å². The standard InChI is InChI=1S/C9H10O.C8H4N2/c1-2-5-8-6-3-4-7-9(8)10;9-5-7-3-1-2-4-8(7)6-10/h2-4,6-7,10H,1,5H2;1-4H. The first-order chi connectivity index (χ1) is 9.72. The van der Waals surface area contributed by atoms with Crippen LogP contribution in [0.3, 0.4) is 0 Å². The van der Waals surface area contributed by atoms with Crippen molar-refractivity contribution in [2.45, 2.75) is 6.42 Å². The molecule has 0 amide bonds. The van der Waals surface area contributed by atoms with Gasteiger partial charge in [-0.2, -0.15) is 10.5 Å². The minimum atomic E-state index is 0.349. The molecule has 0 aromatic heterocycles. The highest BCUT2D eigenvalue weighted by atomic mass is 16.3. The summed E-state index contributed by atoms with van der Waals surface area (Å²) in [6.45, 7) is 3.59. The Balaban J connectivity index is 0.000000200. The highest BCUT2D eigenvalue weighted by Crippen LogP contribution is 2.15. The molecule has 0 fully saturated rings. The van der Waals surface area contributed by atoms with E-state index >= 15 is 0 Å². The number of phenolic OH excluding ortho intramolecular Hbond substituents is 1. The molecule has 0 aliphatic heterocycles. The van der Waals surface area contributed by atoms with Crippen LogP contribution in [0, 0.1) is 22.7 Å². The molecular formula is C17H14N2O. The maximum atomic E-state index is 9.19. The van der Waals surface area contributed by atoms with Gasteiger partial charge >= 0.3 is 0 Å². The molecule has 2 aromatic carbocycles. The zero-order valence-electron chi connectivity index (χ0n) is 11.0. The maximum absolute atomic E-state index is 9.19. The van der Waals surface area contributed by atoms with Crippen LogP contribution in [0.15, 0.2) is 61.2 Å². The molecule has 98 valence electrons.